The molecule has 13 heavy (non-hydrogen) atoms. The van der Waals surface area contributed by atoms with Crippen LogP contribution in [0.15, 0.2) is 16.7 Å². The van der Waals surface area contributed by atoms with Gasteiger partial charge in [0.25, 0.3) is 0 Å². The summed E-state index contributed by atoms with van der Waals surface area (Å²) in [5.41, 5.74) is 2.08. The first-order chi connectivity index (χ1) is 6.02. The van der Waals surface area contributed by atoms with Gasteiger partial charge < -0.3 is 5.11 Å². The van der Waals surface area contributed by atoms with Crippen molar-refractivity contribution in [2.75, 3.05) is 0 Å². The summed E-state index contributed by atoms with van der Waals surface area (Å²) in [6.07, 6.45) is 1.41. The third kappa shape index (κ3) is 2.51. The number of hydrogen-bond donors (Lipinski definition) is 1. The number of pyridine rings is 1. The molecule has 1 rings (SSSR count). The van der Waals surface area contributed by atoms with Crippen LogP contribution in [0.1, 0.15) is 31.0 Å². The Labute approximate surface area is 87.1 Å². The second kappa shape index (κ2) is 4.20. The molecule has 0 aliphatic rings. The minimum atomic E-state index is -0.354. The molecule has 1 heterocycles. The normalized spacial score (nSPS) is 15.5. The van der Waals surface area contributed by atoms with Crippen LogP contribution in [0.3, 0.4) is 0 Å². The minimum absolute atomic E-state index is 0.0908. The van der Waals surface area contributed by atoms with Crippen molar-refractivity contribution in [1.29, 1.82) is 0 Å². The standard InChI is InChI=1S/C10H14BrNO/c1-6-4-9(11)5-12-10(6)7(2)8(3)13/h4-5,7-8,13H,1-3H3. The van der Waals surface area contributed by atoms with Crippen molar-refractivity contribution >= 4 is 15.9 Å². The van der Waals surface area contributed by atoms with Crippen LogP contribution in [0.4, 0.5) is 0 Å². The Hall–Kier alpha value is -0.410. The van der Waals surface area contributed by atoms with Gasteiger partial charge in [-0.1, -0.05) is 6.92 Å². The van der Waals surface area contributed by atoms with E-state index in [4.69, 9.17) is 0 Å². The van der Waals surface area contributed by atoms with Gasteiger partial charge in [-0.2, -0.15) is 0 Å². The highest BCUT2D eigenvalue weighted by Gasteiger charge is 2.14. The summed E-state index contributed by atoms with van der Waals surface area (Å²) >= 11 is 3.36. The van der Waals surface area contributed by atoms with E-state index in [0.29, 0.717) is 0 Å². The molecule has 0 saturated heterocycles. The van der Waals surface area contributed by atoms with Crippen LogP contribution in [0.5, 0.6) is 0 Å². The molecule has 3 heteroatoms. The summed E-state index contributed by atoms with van der Waals surface area (Å²) in [6.45, 7) is 5.77. The molecule has 0 amide bonds. The first kappa shape index (κ1) is 10.7. The molecule has 0 aliphatic heterocycles. The van der Waals surface area contributed by atoms with Crippen LogP contribution in [0.2, 0.25) is 0 Å². The van der Waals surface area contributed by atoms with E-state index in [1.165, 1.54) is 0 Å². The van der Waals surface area contributed by atoms with E-state index in [0.717, 1.165) is 15.7 Å². The van der Waals surface area contributed by atoms with Gasteiger partial charge in [0.05, 0.1) is 6.10 Å². The molecule has 0 radical (unpaired) electrons. The van der Waals surface area contributed by atoms with Gasteiger partial charge in [-0.05, 0) is 41.4 Å². The number of nitrogens with zero attached hydrogens (tertiary/aromatic N) is 1. The van der Waals surface area contributed by atoms with E-state index in [2.05, 4.69) is 20.9 Å². The number of aromatic nitrogens is 1. The van der Waals surface area contributed by atoms with Crippen molar-refractivity contribution in [3.8, 4) is 0 Å². The largest absolute Gasteiger partial charge is 0.393 e. The maximum absolute atomic E-state index is 9.42. The van der Waals surface area contributed by atoms with Gasteiger partial charge in [0.1, 0.15) is 0 Å². The zero-order valence-corrected chi connectivity index (χ0v) is 9.67. The van der Waals surface area contributed by atoms with Crippen LogP contribution in [0.25, 0.3) is 0 Å². The maximum atomic E-state index is 9.42. The Bertz CT molecular complexity index is 299. The molecule has 0 fully saturated rings. The fourth-order valence-electron chi connectivity index (χ4n) is 1.26. The number of rotatable bonds is 2. The van der Waals surface area contributed by atoms with Crippen molar-refractivity contribution in [3.05, 3.63) is 28.0 Å². The Morgan fingerprint density at radius 2 is 2.08 bits per heavy atom. The molecule has 2 atom stereocenters. The monoisotopic (exact) mass is 243 g/mol. The lowest BCUT2D eigenvalue weighted by Crippen LogP contribution is -2.13. The van der Waals surface area contributed by atoms with Crippen LogP contribution in [0, 0.1) is 6.92 Å². The van der Waals surface area contributed by atoms with E-state index in [-0.39, 0.29) is 12.0 Å². The predicted octanol–water partition coefficient (Wildman–Crippen LogP) is 2.64. The number of aryl methyl sites for hydroxylation is 1. The number of aliphatic hydroxyl groups excluding tert-OH is 1. The summed E-state index contributed by atoms with van der Waals surface area (Å²) in [7, 11) is 0. The van der Waals surface area contributed by atoms with Gasteiger partial charge in [0.15, 0.2) is 0 Å². The third-order valence-electron chi connectivity index (χ3n) is 2.24. The molecule has 2 unspecified atom stereocenters. The van der Waals surface area contributed by atoms with Gasteiger partial charge in [-0.3, -0.25) is 4.98 Å². The fourth-order valence-corrected chi connectivity index (χ4v) is 1.70. The minimum Gasteiger partial charge on any atom is -0.393 e. The summed E-state index contributed by atoms with van der Waals surface area (Å²) in [4.78, 5) is 4.29. The second-order valence-electron chi connectivity index (χ2n) is 3.38. The van der Waals surface area contributed by atoms with Crippen molar-refractivity contribution < 1.29 is 5.11 Å². The average Bonchev–Trinajstić information content (AvgIpc) is 2.03. The molecule has 0 aliphatic carbocycles. The van der Waals surface area contributed by atoms with E-state index in [9.17, 15) is 5.11 Å². The topological polar surface area (TPSA) is 33.1 Å². The van der Waals surface area contributed by atoms with Gasteiger partial charge in [0.2, 0.25) is 0 Å². The van der Waals surface area contributed by atoms with Crippen molar-refractivity contribution in [1.82, 2.24) is 4.98 Å². The molecule has 2 nitrogen and oxygen atoms in total. The summed E-state index contributed by atoms with van der Waals surface area (Å²) in [5.74, 6) is 0.0908. The van der Waals surface area contributed by atoms with Gasteiger partial charge in [-0.15, -0.1) is 0 Å². The SMILES string of the molecule is Cc1cc(Br)cnc1C(C)C(C)O. The summed E-state index contributed by atoms with van der Waals surface area (Å²) < 4.78 is 0.978. The van der Waals surface area contributed by atoms with Gasteiger partial charge in [0, 0.05) is 22.3 Å². The number of aliphatic hydroxyl groups is 1. The van der Waals surface area contributed by atoms with Crippen LogP contribution in [-0.4, -0.2) is 16.2 Å². The maximum Gasteiger partial charge on any atom is 0.0593 e. The first-order valence-corrected chi connectivity index (χ1v) is 5.11. The van der Waals surface area contributed by atoms with Crippen LogP contribution >= 0.6 is 15.9 Å². The van der Waals surface area contributed by atoms with E-state index < -0.39 is 0 Å². The predicted molar refractivity (Wildman–Crippen MR) is 56.8 cm³/mol. The smallest absolute Gasteiger partial charge is 0.0593 e. The van der Waals surface area contributed by atoms with Crippen molar-refractivity contribution in [2.45, 2.75) is 32.8 Å². The Kier molecular flexibility index (Phi) is 3.45. The third-order valence-corrected chi connectivity index (χ3v) is 2.67. The molecular formula is C10H14BrNO. The lowest BCUT2D eigenvalue weighted by Gasteiger charge is -2.16. The molecule has 1 aromatic heterocycles. The van der Waals surface area contributed by atoms with E-state index in [1.807, 2.05) is 19.9 Å². The number of hydrogen-bond acceptors (Lipinski definition) is 2. The molecular weight excluding hydrogens is 230 g/mol. The number of halogens is 1. The Balaban J connectivity index is 3.01. The van der Waals surface area contributed by atoms with Gasteiger partial charge in [-0.25, -0.2) is 0 Å². The lowest BCUT2D eigenvalue weighted by molar-refractivity contribution is 0.167. The Morgan fingerprint density at radius 1 is 1.46 bits per heavy atom. The van der Waals surface area contributed by atoms with Crippen LogP contribution < -0.4 is 0 Å². The zero-order chi connectivity index (χ0) is 10.0. The van der Waals surface area contributed by atoms with Crippen LogP contribution in [-0.2, 0) is 0 Å². The molecule has 1 N–H and O–H groups in total. The highest BCUT2D eigenvalue weighted by molar-refractivity contribution is 9.10. The Morgan fingerprint density at radius 3 is 2.54 bits per heavy atom. The zero-order valence-electron chi connectivity index (χ0n) is 8.08. The summed E-state index contributed by atoms with van der Waals surface area (Å²) in [6, 6.07) is 2.02. The molecule has 72 valence electrons. The molecule has 0 saturated carbocycles. The van der Waals surface area contributed by atoms with E-state index in [1.54, 1.807) is 13.1 Å². The van der Waals surface area contributed by atoms with Crippen molar-refractivity contribution in [2.24, 2.45) is 0 Å². The van der Waals surface area contributed by atoms with Gasteiger partial charge >= 0.3 is 0 Å². The average molecular weight is 244 g/mol. The molecule has 0 aromatic carbocycles. The highest BCUT2D eigenvalue weighted by Crippen LogP contribution is 2.22. The lowest BCUT2D eigenvalue weighted by atomic mass is 9.98. The molecule has 0 spiro atoms. The van der Waals surface area contributed by atoms with Crippen molar-refractivity contribution in [3.63, 3.8) is 0 Å². The molecule has 0 bridgehead atoms. The highest BCUT2D eigenvalue weighted by atomic mass is 79.9. The second-order valence-corrected chi connectivity index (χ2v) is 4.30. The summed E-state index contributed by atoms with van der Waals surface area (Å²) in [5, 5.41) is 9.42. The fraction of sp³-hybridized carbons (Fsp3) is 0.500. The quantitative estimate of drug-likeness (QED) is 0.867. The molecule has 1 aromatic rings. The van der Waals surface area contributed by atoms with E-state index >= 15 is 0 Å². The first-order valence-electron chi connectivity index (χ1n) is 4.32.